The van der Waals surface area contributed by atoms with Gasteiger partial charge in [-0.05, 0) is 0 Å². The van der Waals surface area contributed by atoms with Gasteiger partial charge in [-0.1, -0.05) is 23.2 Å². The summed E-state index contributed by atoms with van der Waals surface area (Å²) in [5.74, 6) is 0.221. The predicted molar refractivity (Wildman–Crippen MR) is 50.6 cm³/mol. The summed E-state index contributed by atoms with van der Waals surface area (Å²) in [6, 6.07) is 1.38. The first-order valence-corrected chi connectivity index (χ1v) is 4.49. The Balaban J connectivity index is 2.62. The Bertz CT molecular complexity index is 311. The van der Waals surface area contributed by atoms with Crippen LogP contribution in [0.5, 0.6) is 5.75 Å². The molecule has 0 aromatic carbocycles. The number of ether oxygens (including phenoxy) is 1. The number of aliphatic hydroxyl groups is 2. The SMILES string of the molecule is OCC(O)COc1cc(Cl)nnc1Cl. The van der Waals surface area contributed by atoms with E-state index in [1.165, 1.54) is 6.07 Å². The first-order chi connectivity index (χ1) is 6.63. The van der Waals surface area contributed by atoms with Crippen molar-refractivity contribution in [1.82, 2.24) is 10.2 Å². The normalized spacial score (nSPS) is 12.6. The number of hydrogen-bond acceptors (Lipinski definition) is 5. The van der Waals surface area contributed by atoms with Gasteiger partial charge in [0.15, 0.2) is 16.1 Å². The molecule has 0 radical (unpaired) electrons. The van der Waals surface area contributed by atoms with Crippen LogP contribution < -0.4 is 4.74 Å². The Labute approximate surface area is 90.2 Å². The summed E-state index contributed by atoms with van der Waals surface area (Å²) in [4.78, 5) is 0. The first-order valence-electron chi connectivity index (χ1n) is 3.74. The summed E-state index contributed by atoms with van der Waals surface area (Å²) in [6.45, 7) is -0.470. The second-order valence-corrected chi connectivity index (χ2v) is 3.21. The third-order valence-corrected chi connectivity index (χ3v) is 1.78. The van der Waals surface area contributed by atoms with Crippen LogP contribution in [-0.2, 0) is 0 Å². The molecule has 1 aromatic rings. The summed E-state index contributed by atoms with van der Waals surface area (Å²) in [5.41, 5.74) is 0. The van der Waals surface area contributed by atoms with E-state index in [4.69, 9.17) is 38.2 Å². The summed E-state index contributed by atoms with van der Waals surface area (Å²) < 4.78 is 5.04. The summed E-state index contributed by atoms with van der Waals surface area (Å²) in [6.07, 6.45) is -0.960. The molecule has 5 nitrogen and oxygen atoms in total. The molecule has 1 aromatic heterocycles. The Kier molecular flexibility index (Phi) is 4.34. The van der Waals surface area contributed by atoms with Crippen molar-refractivity contribution in [2.45, 2.75) is 6.10 Å². The first kappa shape index (κ1) is 11.5. The van der Waals surface area contributed by atoms with Gasteiger partial charge in [-0.25, -0.2) is 0 Å². The zero-order valence-corrected chi connectivity index (χ0v) is 8.53. The van der Waals surface area contributed by atoms with Gasteiger partial charge in [-0.2, -0.15) is 0 Å². The number of aliphatic hydroxyl groups excluding tert-OH is 2. The molecule has 14 heavy (non-hydrogen) atoms. The van der Waals surface area contributed by atoms with E-state index >= 15 is 0 Å². The van der Waals surface area contributed by atoms with Crippen LogP contribution >= 0.6 is 23.2 Å². The Morgan fingerprint density at radius 3 is 2.79 bits per heavy atom. The van der Waals surface area contributed by atoms with Crippen LogP contribution in [0.1, 0.15) is 0 Å². The molecule has 0 aliphatic rings. The van der Waals surface area contributed by atoms with Crippen LogP contribution in [0.3, 0.4) is 0 Å². The molecule has 1 atom stereocenters. The molecule has 0 bridgehead atoms. The lowest BCUT2D eigenvalue weighted by molar-refractivity contribution is 0.0535. The highest BCUT2D eigenvalue weighted by atomic mass is 35.5. The molecule has 1 unspecified atom stereocenters. The van der Waals surface area contributed by atoms with Crippen LogP contribution in [-0.4, -0.2) is 39.7 Å². The van der Waals surface area contributed by atoms with Gasteiger partial charge in [0.05, 0.1) is 6.61 Å². The maximum atomic E-state index is 8.99. The minimum atomic E-state index is -0.960. The van der Waals surface area contributed by atoms with Crippen molar-refractivity contribution >= 4 is 23.2 Å². The van der Waals surface area contributed by atoms with Crippen LogP contribution in [0.25, 0.3) is 0 Å². The van der Waals surface area contributed by atoms with E-state index in [2.05, 4.69) is 10.2 Å². The van der Waals surface area contributed by atoms with Crippen molar-refractivity contribution in [3.8, 4) is 5.75 Å². The molecular weight excluding hydrogens is 231 g/mol. The maximum Gasteiger partial charge on any atom is 0.193 e. The average Bonchev–Trinajstić information content (AvgIpc) is 2.19. The Morgan fingerprint density at radius 2 is 2.14 bits per heavy atom. The fraction of sp³-hybridized carbons (Fsp3) is 0.429. The van der Waals surface area contributed by atoms with Gasteiger partial charge in [0, 0.05) is 6.07 Å². The van der Waals surface area contributed by atoms with Crippen LogP contribution in [0, 0.1) is 0 Å². The highest BCUT2D eigenvalue weighted by Crippen LogP contribution is 2.23. The lowest BCUT2D eigenvalue weighted by atomic mass is 10.4. The average molecular weight is 239 g/mol. The standard InChI is InChI=1S/C7H8Cl2N2O3/c8-6-1-5(7(9)11-10-6)14-3-4(13)2-12/h1,4,12-13H,2-3H2. The molecule has 7 heteroatoms. The number of aromatic nitrogens is 2. The van der Waals surface area contributed by atoms with E-state index in [1.54, 1.807) is 0 Å². The number of rotatable bonds is 4. The molecule has 1 rings (SSSR count). The van der Waals surface area contributed by atoms with Crippen molar-refractivity contribution in [2.24, 2.45) is 0 Å². The molecule has 0 fully saturated rings. The maximum absolute atomic E-state index is 8.99. The monoisotopic (exact) mass is 238 g/mol. The third kappa shape index (κ3) is 3.26. The van der Waals surface area contributed by atoms with Gasteiger partial charge in [0.25, 0.3) is 0 Å². The quantitative estimate of drug-likeness (QED) is 0.800. The third-order valence-electron chi connectivity index (χ3n) is 1.33. The molecule has 0 aliphatic carbocycles. The fourth-order valence-corrected chi connectivity index (χ4v) is 0.961. The number of halogens is 2. The molecule has 78 valence electrons. The summed E-state index contributed by atoms with van der Waals surface area (Å²) in [7, 11) is 0. The minimum absolute atomic E-state index is 0.0551. The Hall–Kier alpha value is -0.620. The van der Waals surface area contributed by atoms with Crippen molar-refractivity contribution in [3.63, 3.8) is 0 Å². The molecular formula is C7H8Cl2N2O3. The highest BCUT2D eigenvalue weighted by molar-refractivity contribution is 6.32. The van der Waals surface area contributed by atoms with Crippen molar-refractivity contribution in [2.75, 3.05) is 13.2 Å². The summed E-state index contributed by atoms with van der Waals surface area (Å²) in [5, 5.41) is 24.7. The second-order valence-electron chi connectivity index (χ2n) is 2.47. The van der Waals surface area contributed by atoms with Gasteiger partial charge in [-0.15, -0.1) is 10.2 Å². The van der Waals surface area contributed by atoms with Crippen LogP contribution in [0.15, 0.2) is 6.07 Å². The smallest absolute Gasteiger partial charge is 0.193 e. The molecule has 0 saturated heterocycles. The highest BCUT2D eigenvalue weighted by Gasteiger charge is 2.08. The van der Waals surface area contributed by atoms with Crippen LogP contribution in [0.2, 0.25) is 10.3 Å². The zero-order valence-electron chi connectivity index (χ0n) is 7.02. The van der Waals surface area contributed by atoms with Crippen molar-refractivity contribution in [3.05, 3.63) is 16.4 Å². The summed E-state index contributed by atoms with van der Waals surface area (Å²) >= 11 is 11.2. The van der Waals surface area contributed by atoms with E-state index in [0.29, 0.717) is 0 Å². The van der Waals surface area contributed by atoms with E-state index < -0.39 is 6.10 Å². The lowest BCUT2D eigenvalue weighted by Gasteiger charge is -2.09. The van der Waals surface area contributed by atoms with Gasteiger partial charge < -0.3 is 14.9 Å². The fourth-order valence-electron chi connectivity index (χ4n) is 0.677. The molecule has 1 heterocycles. The topological polar surface area (TPSA) is 75.5 Å². The molecule has 0 amide bonds. The van der Waals surface area contributed by atoms with E-state index in [0.717, 1.165) is 0 Å². The van der Waals surface area contributed by atoms with Gasteiger partial charge in [-0.3, -0.25) is 0 Å². The van der Waals surface area contributed by atoms with E-state index in [1.807, 2.05) is 0 Å². The molecule has 0 spiro atoms. The zero-order chi connectivity index (χ0) is 10.6. The largest absolute Gasteiger partial charge is 0.487 e. The van der Waals surface area contributed by atoms with E-state index in [-0.39, 0.29) is 29.3 Å². The molecule has 0 aliphatic heterocycles. The molecule has 2 N–H and O–H groups in total. The van der Waals surface area contributed by atoms with Gasteiger partial charge in [0.2, 0.25) is 0 Å². The second kappa shape index (κ2) is 5.31. The van der Waals surface area contributed by atoms with Crippen molar-refractivity contribution < 1.29 is 14.9 Å². The van der Waals surface area contributed by atoms with E-state index in [9.17, 15) is 0 Å². The van der Waals surface area contributed by atoms with Crippen LogP contribution in [0.4, 0.5) is 0 Å². The van der Waals surface area contributed by atoms with Crippen molar-refractivity contribution in [1.29, 1.82) is 0 Å². The Morgan fingerprint density at radius 1 is 1.43 bits per heavy atom. The molecule has 0 saturated carbocycles. The predicted octanol–water partition coefficient (Wildman–Crippen LogP) is 0.515. The number of nitrogens with zero attached hydrogens (tertiary/aromatic N) is 2. The number of hydrogen-bond donors (Lipinski definition) is 2. The van der Waals surface area contributed by atoms with Gasteiger partial charge >= 0.3 is 0 Å². The lowest BCUT2D eigenvalue weighted by Crippen LogP contribution is -2.21. The van der Waals surface area contributed by atoms with Gasteiger partial charge in [0.1, 0.15) is 12.7 Å². The minimum Gasteiger partial charge on any atom is -0.487 e.